The van der Waals surface area contributed by atoms with E-state index in [9.17, 15) is 14.4 Å². The molecule has 2 amide bonds. The lowest BCUT2D eigenvalue weighted by Gasteiger charge is -2.22. The minimum Gasteiger partial charge on any atom is -0.481 e. The Hall–Kier alpha value is -2.17. The van der Waals surface area contributed by atoms with Crippen molar-refractivity contribution in [3.8, 4) is 0 Å². The molecule has 100 valence electrons. The molecular weight excluding hydrogens is 246 g/mol. The Balaban J connectivity index is 2.13. The van der Waals surface area contributed by atoms with Gasteiger partial charge in [-0.2, -0.15) is 0 Å². The summed E-state index contributed by atoms with van der Waals surface area (Å²) < 4.78 is 0. The van der Waals surface area contributed by atoms with Crippen LogP contribution in [0.2, 0.25) is 0 Å². The minimum absolute atomic E-state index is 0.0312. The Bertz CT molecular complexity index is 497. The molecule has 1 aliphatic heterocycles. The van der Waals surface area contributed by atoms with Crippen molar-refractivity contribution >= 4 is 17.8 Å². The second-order valence-electron chi connectivity index (χ2n) is 4.56. The van der Waals surface area contributed by atoms with E-state index in [4.69, 9.17) is 5.11 Å². The molecule has 1 aromatic carbocycles. The third-order valence-corrected chi connectivity index (χ3v) is 3.26. The number of imide groups is 1. The maximum Gasteiger partial charge on any atom is 0.303 e. The zero-order valence-corrected chi connectivity index (χ0v) is 10.4. The van der Waals surface area contributed by atoms with E-state index >= 15 is 0 Å². The van der Waals surface area contributed by atoms with Gasteiger partial charge in [-0.25, -0.2) is 0 Å². The Kier molecular flexibility index (Phi) is 3.94. The quantitative estimate of drug-likeness (QED) is 0.837. The van der Waals surface area contributed by atoms with Gasteiger partial charge in [0.2, 0.25) is 5.91 Å². The molecule has 1 aliphatic rings. The molecule has 0 saturated carbocycles. The Labute approximate surface area is 110 Å². The number of amides is 2. The average molecular weight is 261 g/mol. The van der Waals surface area contributed by atoms with E-state index in [0.717, 1.165) is 0 Å². The van der Waals surface area contributed by atoms with E-state index in [1.165, 1.54) is 4.90 Å². The lowest BCUT2D eigenvalue weighted by molar-refractivity contribution is -0.137. The predicted molar refractivity (Wildman–Crippen MR) is 67.5 cm³/mol. The van der Waals surface area contributed by atoms with Gasteiger partial charge in [-0.15, -0.1) is 0 Å². The number of nitrogens with zero attached hydrogens (tertiary/aromatic N) is 1. The van der Waals surface area contributed by atoms with Gasteiger partial charge >= 0.3 is 5.97 Å². The van der Waals surface area contributed by atoms with Crippen LogP contribution in [0.15, 0.2) is 30.3 Å². The van der Waals surface area contributed by atoms with Gasteiger partial charge in [-0.05, 0) is 25.0 Å². The fourth-order valence-corrected chi connectivity index (χ4v) is 2.31. The monoisotopic (exact) mass is 261 g/mol. The van der Waals surface area contributed by atoms with Gasteiger partial charge in [0.05, 0.1) is 0 Å². The third-order valence-electron chi connectivity index (χ3n) is 3.26. The van der Waals surface area contributed by atoms with Crippen LogP contribution in [-0.4, -0.2) is 33.8 Å². The van der Waals surface area contributed by atoms with Crippen LogP contribution < -0.4 is 0 Å². The summed E-state index contributed by atoms with van der Waals surface area (Å²) in [7, 11) is 0. The maximum absolute atomic E-state index is 12.3. The van der Waals surface area contributed by atoms with Crippen LogP contribution in [0, 0.1) is 0 Å². The van der Waals surface area contributed by atoms with Crippen LogP contribution >= 0.6 is 0 Å². The number of carbonyl (C=O) groups is 3. The number of hydrogen-bond donors (Lipinski definition) is 1. The van der Waals surface area contributed by atoms with E-state index in [1.54, 1.807) is 30.3 Å². The molecule has 0 bridgehead atoms. The zero-order chi connectivity index (χ0) is 13.8. The normalized spacial score (nSPS) is 18.6. The maximum atomic E-state index is 12.3. The summed E-state index contributed by atoms with van der Waals surface area (Å²) >= 11 is 0. The molecule has 5 heteroatoms. The summed E-state index contributed by atoms with van der Waals surface area (Å²) in [5.74, 6) is -1.46. The standard InChI is InChI=1S/C14H15NO4/c16-12-8-6-11(7-9-13(17)18)15(12)14(19)10-4-2-1-3-5-10/h1-5,11H,6-9H2,(H,17,18). The van der Waals surface area contributed by atoms with Gasteiger partial charge in [-0.1, -0.05) is 18.2 Å². The number of carboxylic acids is 1. The van der Waals surface area contributed by atoms with Gasteiger partial charge < -0.3 is 5.11 Å². The number of benzene rings is 1. The second kappa shape index (κ2) is 5.65. The van der Waals surface area contributed by atoms with E-state index in [-0.39, 0.29) is 24.3 Å². The van der Waals surface area contributed by atoms with Crippen LogP contribution in [0.5, 0.6) is 0 Å². The van der Waals surface area contributed by atoms with Crippen LogP contribution in [0.1, 0.15) is 36.0 Å². The van der Waals surface area contributed by atoms with E-state index in [0.29, 0.717) is 24.8 Å². The molecule has 0 radical (unpaired) electrons. The van der Waals surface area contributed by atoms with E-state index in [2.05, 4.69) is 0 Å². The number of hydrogen-bond acceptors (Lipinski definition) is 3. The molecule has 0 aliphatic carbocycles. The summed E-state index contributed by atoms with van der Waals surface area (Å²) in [6, 6.07) is 8.28. The van der Waals surface area contributed by atoms with Gasteiger partial charge in [0.15, 0.2) is 0 Å². The largest absolute Gasteiger partial charge is 0.481 e. The molecule has 1 unspecified atom stereocenters. The Morgan fingerprint density at radius 2 is 1.95 bits per heavy atom. The summed E-state index contributed by atoms with van der Waals surface area (Å²) in [6.45, 7) is 0. The fourth-order valence-electron chi connectivity index (χ4n) is 2.31. The first-order valence-electron chi connectivity index (χ1n) is 6.23. The predicted octanol–water partition coefficient (Wildman–Crippen LogP) is 1.68. The number of aliphatic carboxylic acids is 1. The van der Waals surface area contributed by atoms with Gasteiger partial charge in [0.25, 0.3) is 5.91 Å². The number of rotatable bonds is 4. The lowest BCUT2D eigenvalue weighted by Crippen LogP contribution is -2.38. The van der Waals surface area contributed by atoms with E-state index in [1.807, 2.05) is 0 Å². The van der Waals surface area contributed by atoms with Crippen molar-refractivity contribution in [2.75, 3.05) is 0 Å². The lowest BCUT2D eigenvalue weighted by atomic mass is 10.1. The zero-order valence-electron chi connectivity index (χ0n) is 10.4. The second-order valence-corrected chi connectivity index (χ2v) is 4.56. The van der Waals surface area contributed by atoms with Crippen molar-refractivity contribution in [1.82, 2.24) is 4.90 Å². The van der Waals surface area contributed by atoms with Crippen LogP contribution in [0.3, 0.4) is 0 Å². The Morgan fingerprint density at radius 1 is 1.26 bits per heavy atom. The molecule has 1 atom stereocenters. The van der Waals surface area contributed by atoms with Crippen molar-refractivity contribution in [1.29, 1.82) is 0 Å². The molecule has 19 heavy (non-hydrogen) atoms. The minimum atomic E-state index is -0.911. The SMILES string of the molecule is O=C(O)CCC1CCC(=O)N1C(=O)c1ccccc1. The average Bonchev–Trinajstić information content (AvgIpc) is 2.78. The molecular formula is C14H15NO4. The summed E-state index contributed by atoms with van der Waals surface area (Å²) in [6.07, 6.45) is 1.14. The molecule has 0 spiro atoms. The number of carbonyl (C=O) groups excluding carboxylic acids is 2. The first-order chi connectivity index (χ1) is 9.09. The molecule has 0 aromatic heterocycles. The summed E-state index contributed by atoms with van der Waals surface area (Å²) in [5, 5.41) is 8.69. The molecule has 1 saturated heterocycles. The first-order valence-corrected chi connectivity index (χ1v) is 6.23. The van der Waals surface area contributed by atoms with Crippen molar-refractivity contribution in [3.05, 3.63) is 35.9 Å². The fraction of sp³-hybridized carbons (Fsp3) is 0.357. The molecule has 1 aromatic rings. The molecule has 1 heterocycles. The van der Waals surface area contributed by atoms with Crippen molar-refractivity contribution < 1.29 is 19.5 Å². The van der Waals surface area contributed by atoms with Gasteiger partial charge in [-0.3, -0.25) is 19.3 Å². The molecule has 5 nitrogen and oxygen atoms in total. The number of likely N-dealkylation sites (tertiary alicyclic amines) is 1. The highest BCUT2D eigenvalue weighted by Gasteiger charge is 2.36. The summed E-state index contributed by atoms with van der Waals surface area (Å²) in [5.41, 5.74) is 0.457. The van der Waals surface area contributed by atoms with Crippen molar-refractivity contribution in [2.24, 2.45) is 0 Å². The molecule has 1 N–H and O–H groups in total. The highest BCUT2D eigenvalue weighted by atomic mass is 16.4. The molecule has 1 fully saturated rings. The number of carboxylic acid groups (broad SMARTS) is 1. The van der Waals surface area contributed by atoms with Crippen LogP contribution in [0.25, 0.3) is 0 Å². The van der Waals surface area contributed by atoms with Crippen LogP contribution in [-0.2, 0) is 9.59 Å². The van der Waals surface area contributed by atoms with Crippen LogP contribution in [0.4, 0.5) is 0 Å². The Morgan fingerprint density at radius 3 is 2.58 bits per heavy atom. The third kappa shape index (κ3) is 2.99. The first kappa shape index (κ1) is 13.3. The smallest absolute Gasteiger partial charge is 0.303 e. The van der Waals surface area contributed by atoms with Gasteiger partial charge in [0, 0.05) is 24.4 Å². The van der Waals surface area contributed by atoms with Crippen molar-refractivity contribution in [3.63, 3.8) is 0 Å². The van der Waals surface area contributed by atoms with E-state index < -0.39 is 5.97 Å². The highest BCUT2D eigenvalue weighted by molar-refractivity contribution is 6.06. The van der Waals surface area contributed by atoms with Crippen molar-refractivity contribution in [2.45, 2.75) is 31.7 Å². The topological polar surface area (TPSA) is 74.7 Å². The highest BCUT2D eigenvalue weighted by Crippen LogP contribution is 2.24. The summed E-state index contributed by atoms with van der Waals surface area (Å²) in [4.78, 5) is 35.9. The molecule has 2 rings (SSSR count). The van der Waals surface area contributed by atoms with Gasteiger partial charge in [0.1, 0.15) is 0 Å².